The van der Waals surface area contributed by atoms with E-state index >= 15 is 0 Å². The van der Waals surface area contributed by atoms with Crippen molar-refractivity contribution >= 4 is 17.8 Å². The molecule has 1 unspecified atom stereocenters. The molecule has 1 heterocycles. The van der Waals surface area contributed by atoms with Gasteiger partial charge in [0.15, 0.2) is 6.04 Å². The van der Waals surface area contributed by atoms with E-state index in [9.17, 15) is 14.4 Å². The van der Waals surface area contributed by atoms with Crippen LogP contribution in [0.5, 0.6) is 0 Å². The fraction of sp³-hybridized carbons (Fsp3) is 0.167. The number of hydrogen-bond donors (Lipinski definition) is 1. The van der Waals surface area contributed by atoms with E-state index in [-0.39, 0.29) is 12.3 Å². The fourth-order valence-corrected chi connectivity index (χ4v) is 2.73. The molecule has 6 nitrogen and oxygen atoms in total. The lowest BCUT2D eigenvalue weighted by Gasteiger charge is -2.35. The van der Waals surface area contributed by atoms with E-state index in [0.29, 0.717) is 11.1 Å². The van der Waals surface area contributed by atoms with Gasteiger partial charge in [-0.3, -0.25) is 15.0 Å². The van der Waals surface area contributed by atoms with Crippen LogP contribution in [0.3, 0.4) is 0 Å². The third-order valence-electron chi connectivity index (χ3n) is 3.90. The normalized spacial score (nSPS) is 16.3. The number of esters is 1. The van der Waals surface area contributed by atoms with Crippen LogP contribution >= 0.6 is 0 Å². The molecule has 122 valence electrons. The average molecular weight is 324 g/mol. The summed E-state index contributed by atoms with van der Waals surface area (Å²) < 4.78 is 4.83. The Hall–Kier alpha value is -3.15. The molecular weight excluding hydrogens is 308 g/mol. The highest BCUT2D eigenvalue weighted by Crippen LogP contribution is 2.30. The summed E-state index contributed by atoms with van der Waals surface area (Å²) in [5, 5.41) is 1.06. The summed E-state index contributed by atoms with van der Waals surface area (Å²) in [5.74, 6) is -1.44. The zero-order chi connectivity index (χ0) is 17.1. The highest BCUT2D eigenvalue weighted by Gasteiger charge is 2.39. The van der Waals surface area contributed by atoms with Gasteiger partial charge in [-0.15, -0.1) is 0 Å². The maximum atomic E-state index is 12.5. The van der Waals surface area contributed by atoms with Crippen molar-refractivity contribution in [3.63, 3.8) is 0 Å². The predicted octanol–water partition coefficient (Wildman–Crippen LogP) is 1.63. The molecule has 0 bridgehead atoms. The average Bonchev–Trinajstić information content (AvgIpc) is 2.62. The number of methoxy groups -OCH3 is 1. The first-order valence-electron chi connectivity index (χ1n) is 7.45. The van der Waals surface area contributed by atoms with Crippen LogP contribution in [-0.4, -0.2) is 29.9 Å². The van der Waals surface area contributed by atoms with Crippen LogP contribution in [0.25, 0.3) is 0 Å². The smallest absolute Gasteiger partial charge is 0.335 e. The first-order valence-corrected chi connectivity index (χ1v) is 7.45. The zero-order valence-corrected chi connectivity index (χ0v) is 13.1. The Labute approximate surface area is 139 Å². The molecule has 24 heavy (non-hydrogen) atoms. The van der Waals surface area contributed by atoms with Gasteiger partial charge in [0, 0.05) is 5.56 Å². The molecule has 0 aromatic heterocycles. The largest absolute Gasteiger partial charge is 0.467 e. The van der Waals surface area contributed by atoms with Crippen LogP contribution < -0.4 is 5.43 Å². The van der Waals surface area contributed by atoms with Gasteiger partial charge in [0.1, 0.15) is 0 Å². The van der Waals surface area contributed by atoms with Crippen molar-refractivity contribution in [1.29, 1.82) is 0 Å². The van der Waals surface area contributed by atoms with Gasteiger partial charge >= 0.3 is 5.97 Å². The van der Waals surface area contributed by atoms with Gasteiger partial charge < -0.3 is 4.74 Å². The van der Waals surface area contributed by atoms with Crippen molar-refractivity contribution in [2.24, 2.45) is 0 Å². The highest BCUT2D eigenvalue weighted by atomic mass is 16.5. The van der Waals surface area contributed by atoms with Crippen molar-refractivity contribution in [2.45, 2.75) is 12.5 Å². The summed E-state index contributed by atoms with van der Waals surface area (Å²) >= 11 is 0. The van der Waals surface area contributed by atoms with Crippen LogP contribution in [0.1, 0.15) is 27.5 Å². The number of hydrazine groups is 1. The predicted molar refractivity (Wildman–Crippen MR) is 85.7 cm³/mol. The summed E-state index contributed by atoms with van der Waals surface area (Å²) in [6.07, 6.45) is 0.110. The second-order valence-corrected chi connectivity index (χ2v) is 5.37. The van der Waals surface area contributed by atoms with Crippen molar-refractivity contribution < 1.29 is 19.1 Å². The Balaban J connectivity index is 1.95. The summed E-state index contributed by atoms with van der Waals surface area (Å²) in [5.41, 5.74) is 4.33. The molecular formula is C18H16N2O4. The van der Waals surface area contributed by atoms with Crippen LogP contribution in [-0.2, 0) is 20.7 Å². The number of amides is 2. The lowest BCUT2D eigenvalue weighted by molar-refractivity contribution is -0.156. The minimum absolute atomic E-state index is 0.110. The SMILES string of the molecule is COC(=O)C1c2ccccc2CC(=O)N1NC(=O)c1ccccc1. The fourth-order valence-electron chi connectivity index (χ4n) is 2.73. The van der Waals surface area contributed by atoms with E-state index in [2.05, 4.69) is 5.43 Å². The molecule has 3 rings (SSSR count). The van der Waals surface area contributed by atoms with Crippen LogP contribution in [0.15, 0.2) is 54.6 Å². The molecule has 2 aromatic rings. The van der Waals surface area contributed by atoms with Crippen molar-refractivity contribution in [3.8, 4) is 0 Å². The Morgan fingerprint density at radius 3 is 2.46 bits per heavy atom. The number of carbonyl (C=O) groups is 3. The zero-order valence-electron chi connectivity index (χ0n) is 13.1. The molecule has 0 saturated heterocycles. The van der Waals surface area contributed by atoms with Gasteiger partial charge in [0.05, 0.1) is 13.5 Å². The lowest BCUT2D eigenvalue weighted by Crippen LogP contribution is -2.53. The van der Waals surface area contributed by atoms with E-state index < -0.39 is 17.9 Å². The minimum atomic E-state index is -1.000. The number of benzene rings is 2. The topological polar surface area (TPSA) is 75.7 Å². The first kappa shape index (κ1) is 15.7. The monoisotopic (exact) mass is 324 g/mol. The summed E-state index contributed by atoms with van der Waals surface area (Å²) in [7, 11) is 1.25. The van der Waals surface area contributed by atoms with Gasteiger partial charge in [0.2, 0.25) is 5.91 Å². The Morgan fingerprint density at radius 2 is 1.75 bits per heavy atom. The number of ether oxygens (including phenoxy) is 1. The van der Waals surface area contributed by atoms with Gasteiger partial charge in [-0.1, -0.05) is 42.5 Å². The van der Waals surface area contributed by atoms with Crippen LogP contribution in [0.4, 0.5) is 0 Å². The van der Waals surface area contributed by atoms with E-state index in [1.807, 2.05) is 0 Å². The molecule has 0 spiro atoms. The lowest BCUT2D eigenvalue weighted by atomic mass is 9.93. The third-order valence-corrected chi connectivity index (χ3v) is 3.90. The Bertz CT molecular complexity index is 789. The number of hydrogen-bond acceptors (Lipinski definition) is 4. The molecule has 0 radical (unpaired) electrons. The summed E-state index contributed by atoms with van der Waals surface area (Å²) in [6.45, 7) is 0. The molecule has 2 amide bonds. The Morgan fingerprint density at radius 1 is 1.08 bits per heavy atom. The van der Waals surface area contributed by atoms with E-state index in [1.165, 1.54) is 7.11 Å². The van der Waals surface area contributed by atoms with Crippen molar-refractivity contribution in [3.05, 3.63) is 71.3 Å². The van der Waals surface area contributed by atoms with E-state index in [4.69, 9.17) is 4.74 Å². The standard InChI is InChI=1S/C18H16N2O4/c1-24-18(23)16-14-10-6-5-9-13(14)11-15(21)20(16)19-17(22)12-7-3-2-4-8-12/h2-10,16H,11H2,1H3,(H,19,22). The molecule has 0 fully saturated rings. The van der Waals surface area contributed by atoms with Crippen molar-refractivity contribution in [2.75, 3.05) is 7.11 Å². The van der Waals surface area contributed by atoms with Crippen LogP contribution in [0, 0.1) is 0 Å². The third kappa shape index (κ3) is 2.86. The maximum absolute atomic E-state index is 12.5. The maximum Gasteiger partial charge on any atom is 0.335 e. The first-order chi connectivity index (χ1) is 11.6. The minimum Gasteiger partial charge on any atom is -0.467 e. The second-order valence-electron chi connectivity index (χ2n) is 5.37. The highest BCUT2D eigenvalue weighted by molar-refractivity contribution is 5.97. The molecule has 6 heteroatoms. The number of fused-ring (bicyclic) bond motifs is 1. The number of nitrogens with one attached hydrogen (secondary N) is 1. The second kappa shape index (κ2) is 6.54. The molecule has 1 atom stereocenters. The number of rotatable bonds is 3. The molecule has 1 aliphatic heterocycles. The molecule has 1 aliphatic rings. The molecule has 0 saturated carbocycles. The molecule has 0 aliphatic carbocycles. The van der Waals surface area contributed by atoms with Gasteiger partial charge in [-0.25, -0.2) is 9.80 Å². The van der Waals surface area contributed by atoms with E-state index in [0.717, 1.165) is 10.6 Å². The quantitative estimate of drug-likeness (QED) is 0.871. The number of nitrogens with zero attached hydrogens (tertiary/aromatic N) is 1. The number of carbonyl (C=O) groups excluding carboxylic acids is 3. The van der Waals surface area contributed by atoms with Crippen LogP contribution in [0.2, 0.25) is 0 Å². The Kier molecular flexibility index (Phi) is 4.29. The van der Waals surface area contributed by atoms with E-state index in [1.54, 1.807) is 54.6 Å². The summed E-state index contributed by atoms with van der Waals surface area (Å²) in [4.78, 5) is 37.1. The van der Waals surface area contributed by atoms with Gasteiger partial charge in [0.25, 0.3) is 5.91 Å². The molecule has 1 N–H and O–H groups in total. The molecule has 2 aromatic carbocycles. The van der Waals surface area contributed by atoms with Gasteiger partial charge in [-0.05, 0) is 23.3 Å². The summed E-state index contributed by atoms with van der Waals surface area (Å²) in [6, 6.07) is 14.6. The van der Waals surface area contributed by atoms with Gasteiger partial charge in [-0.2, -0.15) is 0 Å². The van der Waals surface area contributed by atoms with Crippen molar-refractivity contribution in [1.82, 2.24) is 10.4 Å².